The summed E-state index contributed by atoms with van der Waals surface area (Å²) in [4.78, 5) is 2.28. The standard InChI is InChI=1S/C14H17BrF3NO/c15-12-5-4-11(14(16,17)18)10-13(12)20-9-8-19-6-2-1-3-7-19/h4-5,10H,1-3,6-9H2. The summed E-state index contributed by atoms with van der Waals surface area (Å²) in [5.74, 6) is 0.247. The Kier molecular flexibility index (Phi) is 5.32. The number of nitrogens with zero attached hydrogens (tertiary/aromatic N) is 1. The molecule has 1 aliphatic rings. The van der Waals surface area contributed by atoms with Crippen molar-refractivity contribution in [3.63, 3.8) is 0 Å². The maximum Gasteiger partial charge on any atom is 0.416 e. The van der Waals surface area contributed by atoms with Crippen LogP contribution in [-0.4, -0.2) is 31.1 Å². The van der Waals surface area contributed by atoms with Gasteiger partial charge in [0.2, 0.25) is 0 Å². The van der Waals surface area contributed by atoms with Gasteiger partial charge in [-0.3, -0.25) is 4.90 Å². The van der Waals surface area contributed by atoms with Gasteiger partial charge in [0, 0.05) is 6.54 Å². The van der Waals surface area contributed by atoms with Crippen LogP contribution in [0.25, 0.3) is 0 Å². The molecule has 2 nitrogen and oxygen atoms in total. The summed E-state index contributed by atoms with van der Waals surface area (Å²) in [6.07, 6.45) is -0.706. The molecule has 0 N–H and O–H groups in total. The van der Waals surface area contributed by atoms with Crippen LogP contribution in [0.2, 0.25) is 0 Å². The first-order valence-corrected chi connectivity index (χ1v) is 7.48. The van der Waals surface area contributed by atoms with Gasteiger partial charge < -0.3 is 4.74 Å². The lowest BCUT2D eigenvalue weighted by Gasteiger charge is -2.26. The van der Waals surface area contributed by atoms with Gasteiger partial charge in [0.05, 0.1) is 10.0 Å². The van der Waals surface area contributed by atoms with Crippen LogP contribution in [-0.2, 0) is 6.18 Å². The summed E-state index contributed by atoms with van der Waals surface area (Å²) < 4.78 is 43.9. The normalized spacial score (nSPS) is 17.2. The maximum atomic E-state index is 12.6. The molecule has 0 unspecified atom stereocenters. The molecule has 0 amide bonds. The van der Waals surface area contributed by atoms with Crippen LogP contribution >= 0.6 is 15.9 Å². The minimum atomic E-state index is -4.34. The Morgan fingerprint density at radius 2 is 1.85 bits per heavy atom. The highest BCUT2D eigenvalue weighted by Gasteiger charge is 2.31. The second-order valence-corrected chi connectivity index (χ2v) is 5.75. The minimum Gasteiger partial charge on any atom is -0.491 e. The number of piperidine rings is 1. The highest BCUT2D eigenvalue weighted by Crippen LogP contribution is 2.35. The van der Waals surface area contributed by atoms with Crippen LogP contribution in [0.15, 0.2) is 22.7 Å². The van der Waals surface area contributed by atoms with E-state index in [1.165, 1.54) is 25.3 Å². The smallest absolute Gasteiger partial charge is 0.416 e. The van der Waals surface area contributed by atoms with Gasteiger partial charge in [-0.1, -0.05) is 6.42 Å². The SMILES string of the molecule is FC(F)(F)c1ccc(Br)c(OCCN2CCCCC2)c1. The highest BCUT2D eigenvalue weighted by molar-refractivity contribution is 9.10. The molecule has 112 valence electrons. The van der Waals surface area contributed by atoms with E-state index in [1.54, 1.807) is 0 Å². The third kappa shape index (κ3) is 4.38. The van der Waals surface area contributed by atoms with Gasteiger partial charge >= 0.3 is 6.18 Å². The van der Waals surface area contributed by atoms with E-state index in [-0.39, 0.29) is 5.75 Å². The molecule has 1 aliphatic heterocycles. The van der Waals surface area contributed by atoms with Gasteiger partial charge in [-0.05, 0) is 60.1 Å². The van der Waals surface area contributed by atoms with E-state index in [9.17, 15) is 13.2 Å². The molecule has 0 saturated carbocycles. The van der Waals surface area contributed by atoms with E-state index in [2.05, 4.69) is 20.8 Å². The Morgan fingerprint density at radius 3 is 2.50 bits per heavy atom. The molecule has 1 aromatic carbocycles. The molecule has 2 rings (SSSR count). The molecule has 6 heteroatoms. The first-order valence-electron chi connectivity index (χ1n) is 6.69. The third-order valence-electron chi connectivity index (χ3n) is 3.37. The average Bonchev–Trinajstić information content (AvgIpc) is 2.41. The van der Waals surface area contributed by atoms with Crippen molar-refractivity contribution in [1.82, 2.24) is 4.90 Å². The topological polar surface area (TPSA) is 12.5 Å². The summed E-state index contributed by atoms with van der Waals surface area (Å²) in [5.41, 5.74) is -0.686. The summed E-state index contributed by atoms with van der Waals surface area (Å²) >= 11 is 3.22. The first-order chi connectivity index (χ1) is 9.47. The lowest BCUT2D eigenvalue weighted by atomic mass is 10.1. The van der Waals surface area contributed by atoms with Crippen molar-refractivity contribution < 1.29 is 17.9 Å². The number of benzene rings is 1. The van der Waals surface area contributed by atoms with Gasteiger partial charge in [-0.25, -0.2) is 0 Å². The van der Waals surface area contributed by atoms with Crippen molar-refractivity contribution in [2.24, 2.45) is 0 Å². The van der Waals surface area contributed by atoms with Crippen LogP contribution in [0.3, 0.4) is 0 Å². The summed E-state index contributed by atoms with van der Waals surface area (Å²) in [6, 6.07) is 3.46. The second-order valence-electron chi connectivity index (χ2n) is 4.89. The Bertz CT molecular complexity index is 445. The largest absolute Gasteiger partial charge is 0.491 e. The van der Waals surface area contributed by atoms with Crippen LogP contribution in [0.5, 0.6) is 5.75 Å². The zero-order valence-corrected chi connectivity index (χ0v) is 12.6. The van der Waals surface area contributed by atoms with E-state index >= 15 is 0 Å². The average molecular weight is 352 g/mol. The molecule has 0 atom stereocenters. The molecule has 0 spiro atoms. The van der Waals surface area contributed by atoms with Gasteiger partial charge in [-0.15, -0.1) is 0 Å². The zero-order valence-electron chi connectivity index (χ0n) is 11.0. The molecular weight excluding hydrogens is 335 g/mol. The van der Waals surface area contributed by atoms with Crippen molar-refractivity contribution in [2.45, 2.75) is 25.4 Å². The Morgan fingerprint density at radius 1 is 1.15 bits per heavy atom. The highest BCUT2D eigenvalue weighted by atomic mass is 79.9. The predicted molar refractivity (Wildman–Crippen MR) is 74.9 cm³/mol. The second kappa shape index (κ2) is 6.80. The molecule has 0 aliphatic carbocycles. The monoisotopic (exact) mass is 351 g/mol. The van der Waals surface area contributed by atoms with Crippen LogP contribution in [0.4, 0.5) is 13.2 Å². The van der Waals surface area contributed by atoms with E-state index in [1.807, 2.05) is 0 Å². The number of rotatable bonds is 4. The number of likely N-dealkylation sites (tertiary alicyclic amines) is 1. The molecule has 20 heavy (non-hydrogen) atoms. The first kappa shape index (κ1) is 15.6. The summed E-state index contributed by atoms with van der Waals surface area (Å²) in [5, 5.41) is 0. The number of alkyl halides is 3. The third-order valence-corrected chi connectivity index (χ3v) is 4.03. The van der Waals surface area contributed by atoms with Crippen molar-refractivity contribution in [2.75, 3.05) is 26.2 Å². The van der Waals surface area contributed by atoms with E-state index in [4.69, 9.17) is 4.74 Å². The van der Waals surface area contributed by atoms with Gasteiger partial charge in [0.1, 0.15) is 12.4 Å². The van der Waals surface area contributed by atoms with Gasteiger partial charge in [0.15, 0.2) is 0 Å². The lowest BCUT2D eigenvalue weighted by molar-refractivity contribution is -0.137. The Labute approximate surface area is 125 Å². The van der Waals surface area contributed by atoms with E-state index in [0.29, 0.717) is 11.1 Å². The van der Waals surface area contributed by atoms with Crippen LogP contribution < -0.4 is 4.74 Å². The van der Waals surface area contributed by atoms with Crippen molar-refractivity contribution >= 4 is 15.9 Å². The zero-order chi connectivity index (χ0) is 14.6. The molecule has 1 fully saturated rings. The van der Waals surface area contributed by atoms with Crippen molar-refractivity contribution in [3.05, 3.63) is 28.2 Å². The minimum absolute atomic E-state index is 0.247. The fourth-order valence-corrected chi connectivity index (χ4v) is 2.62. The van der Waals surface area contributed by atoms with Gasteiger partial charge in [-0.2, -0.15) is 13.2 Å². The van der Waals surface area contributed by atoms with Crippen molar-refractivity contribution in [1.29, 1.82) is 0 Å². The number of hydrogen-bond donors (Lipinski definition) is 0. The molecule has 0 radical (unpaired) electrons. The molecule has 0 bridgehead atoms. The fourth-order valence-electron chi connectivity index (χ4n) is 2.26. The number of hydrogen-bond acceptors (Lipinski definition) is 2. The Balaban J connectivity index is 1.91. The number of ether oxygens (including phenoxy) is 1. The quantitative estimate of drug-likeness (QED) is 0.800. The fraction of sp³-hybridized carbons (Fsp3) is 0.571. The van der Waals surface area contributed by atoms with E-state index < -0.39 is 11.7 Å². The number of halogens is 4. The predicted octanol–water partition coefficient (Wildman–Crippen LogP) is 4.33. The maximum absolute atomic E-state index is 12.6. The van der Waals surface area contributed by atoms with Crippen LogP contribution in [0.1, 0.15) is 24.8 Å². The molecule has 1 saturated heterocycles. The molecule has 1 aromatic rings. The lowest BCUT2D eigenvalue weighted by Crippen LogP contribution is -2.33. The van der Waals surface area contributed by atoms with Crippen molar-refractivity contribution in [3.8, 4) is 5.75 Å². The molecule has 1 heterocycles. The molecule has 0 aromatic heterocycles. The van der Waals surface area contributed by atoms with Gasteiger partial charge in [0.25, 0.3) is 0 Å². The molecular formula is C14H17BrF3NO. The Hall–Kier alpha value is -0.750. The van der Waals surface area contributed by atoms with Crippen LogP contribution in [0, 0.1) is 0 Å². The summed E-state index contributed by atoms with van der Waals surface area (Å²) in [7, 11) is 0. The van der Waals surface area contributed by atoms with E-state index in [0.717, 1.165) is 31.8 Å². The summed E-state index contributed by atoms with van der Waals surface area (Å²) in [6.45, 7) is 3.25.